The fourth-order valence-corrected chi connectivity index (χ4v) is 3.43. The molecule has 1 saturated heterocycles. The van der Waals surface area contributed by atoms with Gasteiger partial charge in [0.1, 0.15) is 58.9 Å². The van der Waals surface area contributed by atoms with E-state index in [9.17, 15) is 35.4 Å². The Kier molecular flexibility index (Phi) is 5.56. The number of phenols is 2. The lowest BCUT2D eigenvalue weighted by atomic mass is 9.99. The van der Waals surface area contributed by atoms with Crippen molar-refractivity contribution in [3.05, 3.63) is 52.9 Å². The van der Waals surface area contributed by atoms with E-state index in [1.807, 2.05) is 0 Å². The van der Waals surface area contributed by atoms with Gasteiger partial charge in [0.25, 0.3) is 0 Å². The van der Waals surface area contributed by atoms with Gasteiger partial charge < -0.3 is 44.5 Å². The van der Waals surface area contributed by atoms with E-state index in [0.29, 0.717) is 5.56 Å². The largest absolute Gasteiger partial charge is 0.508 e. The predicted octanol–water partition coefficient (Wildman–Crippen LogP) is 0.0499. The molecule has 1 aliphatic heterocycles. The Bertz CT molecular complexity index is 1140. The number of hydrogen-bond donors (Lipinski definition) is 6. The Morgan fingerprint density at radius 1 is 0.968 bits per heavy atom. The number of ether oxygens (including phenoxy) is 2. The highest BCUT2D eigenvalue weighted by Gasteiger charge is 2.44. The molecule has 6 N–H and O–H groups in total. The normalized spacial score (nSPS) is 26.1. The minimum Gasteiger partial charge on any atom is -0.508 e. The van der Waals surface area contributed by atoms with Gasteiger partial charge in [0.15, 0.2) is 0 Å². The summed E-state index contributed by atoms with van der Waals surface area (Å²) in [5.41, 5.74) is 0.146. The molecule has 0 amide bonds. The molecular formula is C21H20O10. The Morgan fingerprint density at radius 3 is 2.35 bits per heavy atom. The Labute approximate surface area is 174 Å². The van der Waals surface area contributed by atoms with Crippen molar-refractivity contribution in [3.63, 3.8) is 0 Å². The molecule has 31 heavy (non-hydrogen) atoms. The highest BCUT2D eigenvalue weighted by Crippen LogP contribution is 2.30. The number of aliphatic hydroxyl groups excluding tert-OH is 4. The molecule has 1 aromatic heterocycles. The average molecular weight is 432 g/mol. The fraction of sp³-hybridized carbons (Fsp3) is 0.286. The molecule has 3 aromatic rings. The first kappa shape index (κ1) is 21.1. The molecule has 2 heterocycles. The maximum Gasteiger partial charge on any atom is 0.229 e. The monoisotopic (exact) mass is 432 g/mol. The SMILES string of the molecule is O=c1c(-c2ccc(O[C@@H]3O[C@H](CO)[C@H](O)[C@H](O)[C@@H]3O)cc2)coc2cc(O)cc(O)c12. The van der Waals surface area contributed by atoms with Crippen LogP contribution < -0.4 is 10.2 Å². The van der Waals surface area contributed by atoms with Crippen LogP contribution in [0.4, 0.5) is 0 Å². The van der Waals surface area contributed by atoms with Crippen LogP contribution in [0.15, 0.2) is 51.9 Å². The smallest absolute Gasteiger partial charge is 0.229 e. The minimum absolute atomic E-state index is 0.0359. The second kappa shape index (κ2) is 8.17. The van der Waals surface area contributed by atoms with Crippen molar-refractivity contribution >= 4 is 11.0 Å². The first-order valence-electron chi connectivity index (χ1n) is 9.35. The van der Waals surface area contributed by atoms with Crippen LogP contribution in [0.3, 0.4) is 0 Å². The van der Waals surface area contributed by atoms with Crippen molar-refractivity contribution in [2.45, 2.75) is 30.7 Å². The van der Waals surface area contributed by atoms with Crippen LogP contribution in [-0.4, -0.2) is 68.0 Å². The van der Waals surface area contributed by atoms with Crippen molar-refractivity contribution in [2.24, 2.45) is 0 Å². The molecule has 2 aromatic carbocycles. The Morgan fingerprint density at radius 2 is 1.68 bits per heavy atom. The molecule has 0 radical (unpaired) electrons. The van der Waals surface area contributed by atoms with Gasteiger partial charge in [-0.1, -0.05) is 12.1 Å². The lowest BCUT2D eigenvalue weighted by Gasteiger charge is -2.39. The lowest BCUT2D eigenvalue weighted by Crippen LogP contribution is -2.60. The van der Waals surface area contributed by atoms with E-state index in [0.717, 1.165) is 6.07 Å². The summed E-state index contributed by atoms with van der Waals surface area (Å²) in [7, 11) is 0. The van der Waals surface area contributed by atoms with Crippen molar-refractivity contribution < 1.29 is 44.5 Å². The molecule has 1 fully saturated rings. The number of rotatable bonds is 4. The van der Waals surface area contributed by atoms with Gasteiger partial charge >= 0.3 is 0 Å². The maximum atomic E-state index is 12.8. The van der Waals surface area contributed by atoms with Gasteiger partial charge in [0.2, 0.25) is 11.7 Å². The molecule has 0 spiro atoms. The topological polar surface area (TPSA) is 170 Å². The number of aliphatic hydroxyl groups is 4. The first-order chi connectivity index (χ1) is 14.8. The molecule has 4 rings (SSSR count). The molecule has 1 aliphatic rings. The molecular weight excluding hydrogens is 412 g/mol. The summed E-state index contributed by atoms with van der Waals surface area (Å²) < 4.78 is 16.2. The van der Waals surface area contributed by atoms with Crippen LogP contribution in [0.1, 0.15) is 0 Å². The lowest BCUT2D eigenvalue weighted by molar-refractivity contribution is -0.277. The minimum atomic E-state index is -1.57. The first-order valence-corrected chi connectivity index (χ1v) is 9.35. The molecule has 5 atom stereocenters. The summed E-state index contributed by atoms with van der Waals surface area (Å²) in [6.45, 7) is -0.577. The molecule has 10 nitrogen and oxygen atoms in total. The van der Waals surface area contributed by atoms with E-state index in [1.54, 1.807) is 0 Å². The van der Waals surface area contributed by atoms with E-state index in [4.69, 9.17) is 13.9 Å². The predicted molar refractivity (Wildman–Crippen MR) is 106 cm³/mol. The highest BCUT2D eigenvalue weighted by molar-refractivity contribution is 5.88. The van der Waals surface area contributed by atoms with Gasteiger partial charge in [-0.15, -0.1) is 0 Å². The quantitative estimate of drug-likeness (QED) is 0.331. The molecule has 0 bridgehead atoms. The summed E-state index contributed by atoms with van der Waals surface area (Å²) >= 11 is 0. The molecule has 0 unspecified atom stereocenters. The second-order valence-electron chi connectivity index (χ2n) is 7.16. The Balaban J connectivity index is 1.59. The van der Waals surface area contributed by atoms with Gasteiger partial charge in [-0.3, -0.25) is 4.79 Å². The zero-order valence-corrected chi connectivity index (χ0v) is 16.0. The van der Waals surface area contributed by atoms with Crippen molar-refractivity contribution in [2.75, 3.05) is 6.61 Å². The standard InChI is InChI=1S/C21H20O10/c22-7-15-18(26)19(27)20(28)21(31-15)30-11-3-1-9(2-4-11)12-8-29-14-6-10(23)5-13(24)16(14)17(12)25/h1-6,8,15,18-24,26-28H,7H2/t15-,18+,19+,20+,21-/m1/s1. The van der Waals surface area contributed by atoms with Crippen LogP contribution >= 0.6 is 0 Å². The molecule has 10 heteroatoms. The summed E-state index contributed by atoms with van der Waals surface area (Å²) in [4.78, 5) is 12.8. The molecule has 0 aliphatic carbocycles. The van der Waals surface area contributed by atoms with Crippen molar-refractivity contribution in [1.29, 1.82) is 0 Å². The van der Waals surface area contributed by atoms with Gasteiger partial charge in [-0.2, -0.15) is 0 Å². The van der Waals surface area contributed by atoms with E-state index < -0.39 is 48.5 Å². The third-order valence-corrected chi connectivity index (χ3v) is 5.11. The summed E-state index contributed by atoms with van der Waals surface area (Å²) in [6, 6.07) is 8.30. The number of benzene rings is 2. The fourth-order valence-electron chi connectivity index (χ4n) is 3.43. The highest BCUT2D eigenvalue weighted by atomic mass is 16.7. The van der Waals surface area contributed by atoms with Crippen LogP contribution in [0.5, 0.6) is 17.2 Å². The summed E-state index contributed by atoms with van der Waals surface area (Å²) in [5, 5.41) is 58.4. The molecule has 0 saturated carbocycles. The van der Waals surface area contributed by atoms with Gasteiger partial charge in [-0.05, 0) is 17.7 Å². The Hall–Kier alpha value is -3.15. The van der Waals surface area contributed by atoms with Gasteiger partial charge in [0, 0.05) is 12.1 Å². The van der Waals surface area contributed by atoms with E-state index in [-0.39, 0.29) is 28.0 Å². The zero-order valence-electron chi connectivity index (χ0n) is 16.0. The van der Waals surface area contributed by atoms with Crippen molar-refractivity contribution in [1.82, 2.24) is 0 Å². The van der Waals surface area contributed by atoms with E-state index >= 15 is 0 Å². The molecule has 164 valence electrons. The van der Waals surface area contributed by atoms with Crippen LogP contribution in [-0.2, 0) is 4.74 Å². The third kappa shape index (κ3) is 3.82. The zero-order chi connectivity index (χ0) is 22.3. The van der Waals surface area contributed by atoms with Gasteiger partial charge in [0.05, 0.1) is 12.2 Å². The van der Waals surface area contributed by atoms with Crippen molar-refractivity contribution in [3.8, 4) is 28.4 Å². The van der Waals surface area contributed by atoms with Gasteiger partial charge in [-0.25, -0.2) is 0 Å². The number of hydrogen-bond acceptors (Lipinski definition) is 10. The number of fused-ring (bicyclic) bond motifs is 1. The number of aromatic hydroxyl groups is 2. The average Bonchev–Trinajstić information content (AvgIpc) is 2.74. The maximum absolute atomic E-state index is 12.8. The number of phenolic OH excluding ortho intramolecular Hbond substituents is 2. The van der Waals surface area contributed by atoms with Crippen LogP contribution in [0.2, 0.25) is 0 Å². The second-order valence-corrected chi connectivity index (χ2v) is 7.16. The van der Waals surface area contributed by atoms with E-state index in [2.05, 4.69) is 0 Å². The van der Waals surface area contributed by atoms with Crippen LogP contribution in [0.25, 0.3) is 22.1 Å². The third-order valence-electron chi connectivity index (χ3n) is 5.11. The summed E-state index contributed by atoms with van der Waals surface area (Å²) in [6.07, 6.45) is -5.84. The summed E-state index contributed by atoms with van der Waals surface area (Å²) in [5.74, 6) is -0.421. The van der Waals surface area contributed by atoms with E-state index in [1.165, 1.54) is 36.6 Å². The van der Waals surface area contributed by atoms with Crippen LogP contribution in [0, 0.1) is 0 Å².